The Morgan fingerprint density at radius 2 is 2.00 bits per heavy atom. The number of ether oxygens (including phenoxy) is 2. The van der Waals surface area contributed by atoms with E-state index in [1.807, 2.05) is 18.2 Å². The molecule has 0 heterocycles. The number of benzene rings is 1. The van der Waals surface area contributed by atoms with Crippen LogP contribution in [0.1, 0.15) is 38.2 Å². The number of hydrogen-bond donors (Lipinski definition) is 0. The van der Waals surface area contributed by atoms with Gasteiger partial charge < -0.3 is 9.47 Å². The van der Waals surface area contributed by atoms with Crippen LogP contribution in [0.25, 0.3) is 6.08 Å². The van der Waals surface area contributed by atoms with Gasteiger partial charge in [0.25, 0.3) is 0 Å². The minimum atomic E-state index is -0.445. The molecule has 20 heavy (non-hydrogen) atoms. The van der Waals surface area contributed by atoms with Gasteiger partial charge in [0.15, 0.2) is 11.5 Å². The summed E-state index contributed by atoms with van der Waals surface area (Å²) in [6.45, 7) is 1.69. The van der Waals surface area contributed by atoms with E-state index in [0.29, 0.717) is 11.3 Å². The second kappa shape index (κ2) is 6.80. The molecule has 0 amide bonds. The third-order valence-electron chi connectivity index (χ3n) is 3.48. The zero-order valence-corrected chi connectivity index (χ0v) is 12.6. The van der Waals surface area contributed by atoms with E-state index < -0.39 is 5.24 Å². The van der Waals surface area contributed by atoms with Crippen LogP contribution in [-0.2, 0) is 4.79 Å². The molecule has 2 rings (SSSR count). The smallest absolute Gasteiger partial charge is 0.248 e. The summed E-state index contributed by atoms with van der Waals surface area (Å²) < 4.78 is 11.3. The maximum atomic E-state index is 11.1. The summed E-state index contributed by atoms with van der Waals surface area (Å²) >= 11 is 5.45. The second-order valence-corrected chi connectivity index (χ2v) is 5.38. The zero-order chi connectivity index (χ0) is 14.5. The quantitative estimate of drug-likeness (QED) is 0.603. The average Bonchev–Trinajstić information content (AvgIpc) is 2.92. The molecule has 0 N–H and O–H groups in total. The van der Waals surface area contributed by atoms with Crippen LogP contribution in [0.4, 0.5) is 0 Å². The van der Waals surface area contributed by atoms with Gasteiger partial charge in [-0.15, -0.1) is 0 Å². The Labute approximate surface area is 124 Å². The Morgan fingerprint density at radius 1 is 1.30 bits per heavy atom. The molecule has 3 nitrogen and oxygen atoms in total. The Bertz CT molecular complexity index is 516. The summed E-state index contributed by atoms with van der Waals surface area (Å²) in [5.74, 6) is 1.44. The van der Waals surface area contributed by atoms with E-state index in [0.717, 1.165) is 24.2 Å². The first-order valence-corrected chi connectivity index (χ1v) is 7.21. The molecule has 1 aromatic rings. The first-order valence-electron chi connectivity index (χ1n) is 6.83. The van der Waals surface area contributed by atoms with Crippen molar-refractivity contribution in [3.63, 3.8) is 0 Å². The van der Waals surface area contributed by atoms with E-state index in [9.17, 15) is 4.79 Å². The number of rotatable bonds is 5. The molecule has 0 spiro atoms. The first kappa shape index (κ1) is 14.9. The number of carbonyl (C=O) groups is 1. The van der Waals surface area contributed by atoms with Crippen molar-refractivity contribution in [3.05, 3.63) is 29.3 Å². The van der Waals surface area contributed by atoms with Crippen LogP contribution in [0.2, 0.25) is 0 Å². The van der Waals surface area contributed by atoms with E-state index >= 15 is 0 Å². The highest BCUT2D eigenvalue weighted by atomic mass is 35.5. The maximum Gasteiger partial charge on any atom is 0.248 e. The Balaban J connectivity index is 2.23. The maximum absolute atomic E-state index is 11.1. The summed E-state index contributed by atoms with van der Waals surface area (Å²) in [4.78, 5) is 11.1. The SMILES string of the molecule is COc1ccc(C=C(C)C(=O)Cl)cc1OC1CCCC1. The van der Waals surface area contributed by atoms with Gasteiger partial charge in [0, 0.05) is 5.57 Å². The first-order chi connectivity index (χ1) is 9.60. The summed E-state index contributed by atoms with van der Waals surface area (Å²) in [7, 11) is 1.62. The predicted octanol–water partition coefficient (Wildman–Crippen LogP) is 4.19. The van der Waals surface area contributed by atoms with E-state index in [-0.39, 0.29) is 6.10 Å². The fourth-order valence-corrected chi connectivity index (χ4v) is 2.42. The molecule has 0 aliphatic heterocycles. The van der Waals surface area contributed by atoms with Crippen LogP contribution in [0.3, 0.4) is 0 Å². The van der Waals surface area contributed by atoms with Crippen molar-refractivity contribution in [1.82, 2.24) is 0 Å². The molecule has 1 saturated carbocycles. The molecule has 0 bridgehead atoms. The molecular formula is C16H19ClO3. The molecule has 1 aliphatic carbocycles. The number of carbonyl (C=O) groups excluding carboxylic acids is 1. The Morgan fingerprint density at radius 3 is 2.60 bits per heavy atom. The topological polar surface area (TPSA) is 35.5 Å². The van der Waals surface area contributed by atoms with Crippen LogP contribution >= 0.6 is 11.6 Å². The van der Waals surface area contributed by atoms with Gasteiger partial charge in [-0.25, -0.2) is 0 Å². The van der Waals surface area contributed by atoms with Crippen LogP contribution in [0.15, 0.2) is 23.8 Å². The van der Waals surface area contributed by atoms with Crippen molar-refractivity contribution in [1.29, 1.82) is 0 Å². The van der Waals surface area contributed by atoms with Gasteiger partial charge in [0.1, 0.15) is 0 Å². The van der Waals surface area contributed by atoms with Crippen molar-refractivity contribution in [2.75, 3.05) is 7.11 Å². The lowest BCUT2D eigenvalue weighted by atomic mass is 10.1. The van der Waals surface area contributed by atoms with Gasteiger partial charge in [-0.05, 0) is 68.0 Å². The minimum absolute atomic E-state index is 0.263. The highest BCUT2D eigenvalue weighted by Gasteiger charge is 2.18. The molecule has 0 unspecified atom stereocenters. The molecule has 4 heteroatoms. The molecule has 0 radical (unpaired) electrons. The Kier molecular flexibility index (Phi) is 5.07. The van der Waals surface area contributed by atoms with Gasteiger partial charge in [-0.2, -0.15) is 0 Å². The van der Waals surface area contributed by atoms with Crippen molar-refractivity contribution >= 4 is 22.9 Å². The van der Waals surface area contributed by atoms with E-state index in [4.69, 9.17) is 21.1 Å². The minimum Gasteiger partial charge on any atom is -0.493 e. The summed E-state index contributed by atoms with van der Waals surface area (Å²) in [5.41, 5.74) is 1.38. The molecule has 108 valence electrons. The van der Waals surface area contributed by atoms with Gasteiger partial charge in [-0.1, -0.05) is 6.07 Å². The number of hydrogen-bond acceptors (Lipinski definition) is 3. The second-order valence-electron chi connectivity index (χ2n) is 5.04. The van der Waals surface area contributed by atoms with Crippen molar-refractivity contribution in [2.45, 2.75) is 38.7 Å². The van der Waals surface area contributed by atoms with Crippen LogP contribution < -0.4 is 9.47 Å². The summed E-state index contributed by atoms with van der Waals surface area (Å²) in [6.07, 6.45) is 6.61. The molecular weight excluding hydrogens is 276 g/mol. The number of methoxy groups -OCH3 is 1. The number of allylic oxidation sites excluding steroid dienone is 1. The summed E-state index contributed by atoms with van der Waals surface area (Å²) in [6, 6.07) is 5.62. The van der Waals surface area contributed by atoms with E-state index in [2.05, 4.69) is 0 Å². The van der Waals surface area contributed by atoms with Gasteiger partial charge in [0.05, 0.1) is 13.2 Å². The molecule has 1 aromatic carbocycles. The van der Waals surface area contributed by atoms with E-state index in [1.54, 1.807) is 20.1 Å². The largest absolute Gasteiger partial charge is 0.493 e. The van der Waals surface area contributed by atoms with Crippen LogP contribution in [-0.4, -0.2) is 18.5 Å². The average molecular weight is 295 g/mol. The lowest BCUT2D eigenvalue weighted by Gasteiger charge is -2.16. The fourth-order valence-electron chi connectivity index (χ4n) is 2.37. The molecule has 0 aromatic heterocycles. The monoisotopic (exact) mass is 294 g/mol. The van der Waals surface area contributed by atoms with E-state index in [1.165, 1.54) is 12.8 Å². The zero-order valence-electron chi connectivity index (χ0n) is 11.8. The summed E-state index contributed by atoms with van der Waals surface area (Å²) in [5, 5.41) is -0.445. The van der Waals surface area contributed by atoms with Crippen molar-refractivity contribution < 1.29 is 14.3 Å². The molecule has 0 saturated heterocycles. The standard InChI is InChI=1S/C16H19ClO3/c1-11(16(17)18)9-12-7-8-14(19-2)15(10-12)20-13-5-3-4-6-13/h7-10,13H,3-6H2,1-2H3. The van der Waals surface area contributed by atoms with Crippen LogP contribution in [0.5, 0.6) is 11.5 Å². The Hall–Kier alpha value is -1.48. The molecule has 1 fully saturated rings. The van der Waals surface area contributed by atoms with Gasteiger partial charge in [-0.3, -0.25) is 4.79 Å². The predicted molar refractivity (Wildman–Crippen MR) is 80.4 cm³/mol. The van der Waals surface area contributed by atoms with Crippen LogP contribution in [0, 0.1) is 0 Å². The van der Waals surface area contributed by atoms with Crippen molar-refractivity contribution in [2.24, 2.45) is 0 Å². The third kappa shape index (κ3) is 3.76. The van der Waals surface area contributed by atoms with Gasteiger partial charge >= 0.3 is 0 Å². The highest BCUT2D eigenvalue weighted by molar-refractivity contribution is 6.68. The lowest BCUT2D eigenvalue weighted by molar-refractivity contribution is -0.108. The van der Waals surface area contributed by atoms with Crippen molar-refractivity contribution in [3.8, 4) is 11.5 Å². The molecule has 1 aliphatic rings. The lowest BCUT2D eigenvalue weighted by Crippen LogP contribution is -2.11. The number of halogens is 1. The fraction of sp³-hybridized carbons (Fsp3) is 0.438. The highest BCUT2D eigenvalue weighted by Crippen LogP contribution is 2.33. The third-order valence-corrected chi connectivity index (χ3v) is 3.77. The van der Waals surface area contributed by atoms with Gasteiger partial charge in [0.2, 0.25) is 5.24 Å². The normalized spacial score (nSPS) is 16.2. The molecule has 0 atom stereocenters.